The minimum absolute atomic E-state index is 0.135. The number of carbonyl (C=O) groups excluding carboxylic acids is 4. The van der Waals surface area contributed by atoms with E-state index in [1.807, 2.05) is 0 Å². The van der Waals surface area contributed by atoms with E-state index >= 15 is 0 Å². The molecular weight excluding hydrogens is 415 g/mol. The number of hydrogen-bond donors (Lipinski definition) is 0. The van der Waals surface area contributed by atoms with Gasteiger partial charge in [0.1, 0.15) is 38.1 Å². The van der Waals surface area contributed by atoms with Gasteiger partial charge in [0.2, 0.25) is 0 Å². The first kappa shape index (κ1) is 25.0. The van der Waals surface area contributed by atoms with Crippen LogP contribution in [-0.2, 0) is 33.5 Å². The highest BCUT2D eigenvalue weighted by molar-refractivity contribution is 6.61. The van der Waals surface area contributed by atoms with Gasteiger partial charge in [-0.3, -0.25) is 4.89 Å². The molecule has 0 saturated heterocycles. The second-order valence-electron chi connectivity index (χ2n) is 5.43. The Morgan fingerprint density at radius 3 is 1.74 bits per heavy atom. The summed E-state index contributed by atoms with van der Waals surface area (Å²) in [6, 6.07) is 0. The summed E-state index contributed by atoms with van der Waals surface area (Å²) in [5.41, 5.74) is -3.08. The monoisotopic (exact) mass is 434 g/mol. The van der Waals surface area contributed by atoms with Crippen LogP contribution in [0.2, 0.25) is 0 Å². The summed E-state index contributed by atoms with van der Waals surface area (Å²) >= 11 is 9.85. The topological polar surface area (TPSA) is 133 Å². The van der Waals surface area contributed by atoms with Gasteiger partial charge in [0.25, 0.3) is 0 Å². The first-order valence-corrected chi connectivity index (χ1v) is 8.28. The van der Waals surface area contributed by atoms with E-state index in [1.54, 1.807) is 20.8 Å². The standard InChI is InChI=1S/C14H20Cl2O11/c1-9(25-12(19)23-6-4-21-10(15)17)8-14(2,3)27-26-13(20)24-7-5-22-11(16)18/h9H,4-8H2,1-3H3. The molecule has 11 nitrogen and oxygen atoms in total. The van der Waals surface area contributed by atoms with E-state index < -0.39 is 34.9 Å². The molecule has 0 aromatic heterocycles. The molecule has 0 radical (unpaired) electrons. The zero-order valence-electron chi connectivity index (χ0n) is 14.9. The maximum atomic E-state index is 11.4. The highest BCUT2D eigenvalue weighted by atomic mass is 35.5. The van der Waals surface area contributed by atoms with Gasteiger partial charge >= 0.3 is 23.2 Å². The Morgan fingerprint density at radius 2 is 1.26 bits per heavy atom. The zero-order valence-corrected chi connectivity index (χ0v) is 16.4. The molecule has 0 aliphatic rings. The maximum Gasteiger partial charge on any atom is 0.540 e. The fourth-order valence-electron chi connectivity index (χ4n) is 1.63. The Kier molecular flexibility index (Phi) is 12.3. The fourth-order valence-corrected chi connectivity index (χ4v) is 1.79. The quantitative estimate of drug-likeness (QED) is 0.118. The molecule has 0 N–H and O–H groups in total. The van der Waals surface area contributed by atoms with Crippen molar-refractivity contribution in [3.63, 3.8) is 0 Å². The molecule has 0 amide bonds. The van der Waals surface area contributed by atoms with E-state index in [0.717, 1.165) is 0 Å². The Hall–Kier alpha value is -1.98. The molecular formula is C14H20Cl2O11. The Bertz CT molecular complexity index is 509. The van der Waals surface area contributed by atoms with Gasteiger partial charge in [-0.15, -0.1) is 0 Å². The van der Waals surface area contributed by atoms with Crippen LogP contribution in [0.1, 0.15) is 27.2 Å². The summed E-state index contributed by atoms with van der Waals surface area (Å²) in [7, 11) is 0. The van der Waals surface area contributed by atoms with Crippen LogP contribution in [-0.4, -0.2) is 61.3 Å². The lowest BCUT2D eigenvalue weighted by molar-refractivity contribution is -0.321. The minimum atomic E-state index is -1.16. The number of halogens is 2. The summed E-state index contributed by atoms with van der Waals surface area (Å²) < 4.78 is 22.9. The molecule has 0 aromatic carbocycles. The Balaban J connectivity index is 4.00. The number of hydrogen-bond acceptors (Lipinski definition) is 11. The van der Waals surface area contributed by atoms with Crippen molar-refractivity contribution in [2.45, 2.75) is 38.9 Å². The number of ether oxygens (including phenoxy) is 5. The van der Waals surface area contributed by atoms with E-state index in [-0.39, 0.29) is 32.8 Å². The molecule has 0 aromatic rings. The third-order valence-electron chi connectivity index (χ3n) is 2.45. The predicted octanol–water partition coefficient (Wildman–Crippen LogP) is 3.53. The second kappa shape index (κ2) is 13.2. The molecule has 27 heavy (non-hydrogen) atoms. The summed E-state index contributed by atoms with van der Waals surface area (Å²) in [5.74, 6) is 0. The van der Waals surface area contributed by atoms with Crippen LogP contribution in [0.5, 0.6) is 0 Å². The van der Waals surface area contributed by atoms with Gasteiger partial charge in [-0.1, -0.05) is 0 Å². The third kappa shape index (κ3) is 16.0. The summed E-state index contributed by atoms with van der Waals surface area (Å²) in [4.78, 5) is 52.7. The van der Waals surface area contributed by atoms with E-state index in [0.29, 0.717) is 0 Å². The Morgan fingerprint density at radius 1 is 0.815 bits per heavy atom. The average Bonchev–Trinajstić information content (AvgIpc) is 2.53. The van der Waals surface area contributed by atoms with Crippen molar-refractivity contribution in [1.29, 1.82) is 0 Å². The summed E-state index contributed by atoms with van der Waals surface area (Å²) in [5, 5.41) is 0. The SMILES string of the molecule is CC(CC(C)(C)OOC(=O)OCCOC(=O)Cl)OC(=O)OCCOC(=O)Cl. The highest BCUT2D eigenvalue weighted by Gasteiger charge is 2.28. The third-order valence-corrected chi connectivity index (χ3v) is 2.67. The van der Waals surface area contributed by atoms with E-state index in [1.165, 1.54) is 0 Å². The van der Waals surface area contributed by atoms with Crippen LogP contribution in [0.15, 0.2) is 0 Å². The fraction of sp³-hybridized carbons (Fsp3) is 0.714. The molecule has 0 aliphatic carbocycles. The lowest BCUT2D eigenvalue weighted by atomic mass is 10.0. The van der Waals surface area contributed by atoms with Gasteiger partial charge in [0.15, 0.2) is 0 Å². The molecule has 0 bridgehead atoms. The molecule has 0 saturated carbocycles. The second-order valence-corrected chi connectivity index (χ2v) is 6.05. The molecule has 0 aliphatic heterocycles. The molecule has 0 rings (SSSR count). The van der Waals surface area contributed by atoms with Crippen LogP contribution in [0.25, 0.3) is 0 Å². The minimum Gasteiger partial charge on any atom is -0.450 e. The van der Waals surface area contributed by atoms with Gasteiger partial charge in [-0.05, 0) is 20.8 Å². The van der Waals surface area contributed by atoms with Crippen molar-refractivity contribution in [2.24, 2.45) is 0 Å². The van der Waals surface area contributed by atoms with E-state index in [2.05, 4.69) is 23.8 Å². The zero-order chi connectivity index (χ0) is 20.9. The highest BCUT2D eigenvalue weighted by Crippen LogP contribution is 2.19. The summed E-state index contributed by atoms with van der Waals surface area (Å²) in [6.07, 6.45) is -2.67. The van der Waals surface area contributed by atoms with Crippen molar-refractivity contribution >= 4 is 46.4 Å². The normalized spacial score (nSPS) is 11.7. The molecule has 13 heteroatoms. The molecule has 1 atom stereocenters. The predicted molar refractivity (Wildman–Crippen MR) is 88.5 cm³/mol. The Labute approximate surface area is 164 Å². The smallest absolute Gasteiger partial charge is 0.450 e. The number of rotatable bonds is 11. The van der Waals surface area contributed by atoms with Crippen LogP contribution in [0.3, 0.4) is 0 Å². The van der Waals surface area contributed by atoms with Crippen molar-refractivity contribution in [1.82, 2.24) is 0 Å². The van der Waals surface area contributed by atoms with Crippen molar-refractivity contribution in [3.8, 4) is 0 Å². The van der Waals surface area contributed by atoms with Gasteiger partial charge < -0.3 is 23.7 Å². The first-order valence-electron chi connectivity index (χ1n) is 7.52. The van der Waals surface area contributed by atoms with Crippen molar-refractivity contribution in [2.75, 3.05) is 26.4 Å². The van der Waals surface area contributed by atoms with Crippen molar-refractivity contribution < 1.29 is 52.6 Å². The van der Waals surface area contributed by atoms with Crippen LogP contribution in [0.4, 0.5) is 19.2 Å². The largest absolute Gasteiger partial charge is 0.540 e. The van der Waals surface area contributed by atoms with Gasteiger partial charge in [-0.2, -0.15) is 4.89 Å². The van der Waals surface area contributed by atoms with Crippen LogP contribution < -0.4 is 0 Å². The molecule has 1 unspecified atom stereocenters. The van der Waals surface area contributed by atoms with E-state index in [4.69, 9.17) is 32.8 Å². The van der Waals surface area contributed by atoms with Crippen LogP contribution in [0, 0.1) is 0 Å². The molecule has 0 fully saturated rings. The molecule has 0 spiro atoms. The van der Waals surface area contributed by atoms with E-state index in [9.17, 15) is 19.2 Å². The molecule has 0 heterocycles. The first-order chi connectivity index (χ1) is 12.5. The maximum absolute atomic E-state index is 11.4. The summed E-state index contributed by atoms with van der Waals surface area (Å²) in [6.45, 7) is 3.76. The van der Waals surface area contributed by atoms with Gasteiger partial charge in [0.05, 0.1) is 0 Å². The van der Waals surface area contributed by atoms with Crippen LogP contribution >= 0.6 is 23.2 Å². The van der Waals surface area contributed by atoms with Gasteiger partial charge in [0, 0.05) is 29.6 Å². The van der Waals surface area contributed by atoms with Crippen molar-refractivity contribution in [3.05, 3.63) is 0 Å². The number of carbonyl (C=O) groups is 4. The lowest BCUT2D eigenvalue weighted by Crippen LogP contribution is -2.32. The average molecular weight is 435 g/mol. The van der Waals surface area contributed by atoms with Gasteiger partial charge in [-0.25, -0.2) is 19.2 Å². The lowest BCUT2D eigenvalue weighted by Gasteiger charge is -2.25. The molecule has 156 valence electrons.